The molecule has 0 atom stereocenters. The number of carbonyl (C=O) groups excluding carboxylic acids is 1. The molecule has 2 aromatic carbocycles. The largest absolute Gasteiger partial charge is 0.495 e. The smallest absolute Gasteiger partial charge is 0.243 e. The number of sulfonamides is 1. The Labute approximate surface area is 173 Å². The number of ether oxygens (including phenoxy) is 1. The average Bonchev–Trinajstić information content (AvgIpc) is 2.73. The van der Waals surface area contributed by atoms with Crippen LogP contribution >= 0.6 is 0 Å². The topological polar surface area (TPSA) is 87.7 Å². The van der Waals surface area contributed by atoms with Gasteiger partial charge in [0.2, 0.25) is 15.9 Å². The van der Waals surface area contributed by atoms with Crippen LogP contribution in [0.4, 0.5) is 11.4 Å². The third kappa shape index (κ3) is 5.48. The quantitative estimate of drug-likeness (QED) is 0.617. The maximum Gasteiger partial charge on any atom is 0.243 e. The van der Waals surface area contributed by atoms with Gasteiger partial charge in [-0.05, 0) is 36.2 Å². The molecule has 2 rings (SSSR count). The van der Waals surface area contributed by atoms with Crippen LogP contribution in [0.2, 0.25) is 0 Å². The third-order valence-corrected chi connectivity index (χ3v) is 6.67. The summed E-state index contributed by atoms with van der Waals surface area (Å²) in [6, 6.07) is 12.3. The Hall–Kier alpha value is -2.58. The second-order valence-corrected chi connectivity index (χ2v) is 8.30. The Morgan fingerprint density at radius 2 is 1.72 bits per heavy atom. The van der Waals surface area contributed by atoms with Gasteiger partial charge in [-0.25, -0.2) is 8.42 Å². The number of para-hydroxylation sites is 1. The molecule has 8 heteroatoms. The summed E-state index contributed by atoms with van der Waals surface area (Å²) in [5.74, 6) is 0.0948. The van der Waals surface area contributed by atoms with E-state index in [-0.39, 0.29) is 17.3 Å². The van der Waals surface area contributed by atoms with E-state index in [4.69, 9.17) is 4.74 Å². The molecule has 1 amide bonds. The van der Waals surface area contributed by atoms with E-state index in [1.54, 1.807) is 19.9 Å². The molecule has 0 spiro atoms. The number of carbonyl (C=O) groups is 1. The van der Waals surface area contributed by atoms with E-state index in [0.717, 1.165) is 17.7 Å². The van der Waals surface area contributed by atoms with Crippen LogP contribution in [-0.2, 0) is 21.2 Å². The van der Waals surface area contributed by atoms with Crippen molar-refractivity contribution < 1.29 is 17.9 Å². The first-order valence-corrected chi connectivity index (χ1v) is 11.1. The van der Waals surface area contributed by atoms with Gasteiger partial charge in [-0.3, -0.25) is 4.79 Å². The van der Waals surface area contributed by atoms with Crippen molar-refractivity contribution >= 4 is 27.3 Å². The number of hydrogen-bond donors (Lipinski definition) is 2. The van der Waals surface area contributed by atoms with Gasteiger partial charge < -0.3 is 15.4 Å². The van der Waals surface area contributed by atoms with Gasteiger partial charge in [0.1, 0.15) is 5.75 Å². The van der Waals surface area contributed by atoms with Crippen molar-refractivity contribution in [2.24, 2.45) is 0 Å². The molecule has 0 unspecified atom stereocenters. The van der Waals surface area contributed by atoms with Crippen LogP contribution in [0.15, 0.2) is 47.4 Å². The molecule has 2 N–H and O–H groups in total. The van der Waals surface area contributed by atoms with Crippen LogP contribution in [0, 0.1) is 0 Å². The number of hydrogen-bond acceptors (Lipinski definition) is 5. The van der Waals surface area contributed by atoms with Gasteiger partial charge >= 0.3 is 0 Å². The minimum Gasteiger partial charge on any atom is -0.495 e. The summed E-state index contributed by atoms with van der Waals surface area (Å²) >= 11 is 0. The number of methoxy groups -OCH3 is 1. The van der Waals surface area contributed by atoms with Crippen molar-refractivity contribution in [2.75, 3.05) is 37.4 Å². The highest BCUT2D eigenvalue weighted by Gasteiger charge is 2.23. The lowest BCUT2D eigenvalue weighted by molar-refractivity contribution is -0.114. The van der Waals surface area contributed by atoms with Crippen LogP contribution in [0.1, 0.15) is 26.3 Å². The van der Waals surface area contributed by atoms with Gasteiger partial charge in [0.25, 0.3) is 0 Å². The SMILES string of the molecule is CCc1ccccc1NCC(=O)Nc1cc(S(=O)(=O)N(CC)CC)ccc1OC. The molecule has 0 saturated carbocycles. The van der Waals surface area contributed by atoms with Crippen molar-refractivity contribution in [3.63, 3.8) is 0 Å². The lowest BCUT2D eigenvalue weighted by Gasteiger charge is -2.19. The van der Waals surface area contributed by atoms with E-state index in [9.17, 15) is 13.2 Å². The molecule has 0 radical (unpaired) electrons. The molecule has 29 heavy (non-hydrogen) atoms. The van der Waals surface area contributed by atoms with Gasteiger partial charge in [0, 0.05) is 18.8 Å². The Bertz CT molecular complexity index is 941. The first-order valence-electron chi connectivity index (χ1n) is 9.67. The van der Waals surface area contributed by atoms with E-state index in [2.05, 4.69) is 10.6 Å². The van der Waals surface area contributed by atoms with Gasteiger partial charge in [0.05, 0.1) is 24.2 Å². The van der Waals surface area contributed by atoms with E-state index >= 15 is 0 Å². The maximum absolute atomic E-state index is 12.8. The van der Waals surface area contributed by atoms with Crippen LogP contribution in [0.3, 0.4) is 0 Å². The molecule has 0 aromatic heterocycles. The number of aryl methyl sites for hydroxylation is 1. The number of anilines is 2. The van der Waals surface area contributed by atoms with Gasteiger partial charge in [0.15, 0.2) is 0 Å². The summed E-state index contributed by atoms with van der Waals surface area (Å²) in [6.45, 7) is 6.40. The molecular weight excluding hydrogens is 390 g/mol. The highest BCUT2D eigenvalue weighted by Crippen LogP contribution is 2.29. The average molecular weight is 420 g/mol. The molecule has 0 aliphatic rings. The number of benzene rings is 2. The lowest BCUT2D eigenvalue weighted by atomic mass is 10.1. The normalized spacial score (nSPS) is 11.3. The van der Waals surface area contributed by atoms with E-state index in [0.29, 0.717) is 24.5 Å². The van der Waals surface area contributed by atoms with E-state index < -0.39 is 10.0 Å². The summed E-state index contributed by atoms with van der Waals surface area (Å²) in [5, 5.41) is 5.87. The fourth-order valence-corrected chi connectivity index (χ4v) is 4.51. The number of nitrogens with zero attached hydrogens (tertiary/aromatic N) is 1. The van der Waals surface area contributed by atoms with Gasteiger partial charge in [-0.2, -0.15) is 4.31 Å². The maximum atomic E-state index is 12.8. The minimum atomic E-state index is -3.64. The molecule has 7 nitrogen and oxygen atoms in total. The summed E-state index contributed by atoms with van der Waals surface area (Å²) in [5.41, 5.74) is 2.33. The first-order chi connectivity index (χ1) is 13.9. The Morgan fingerprint density at radius 3 is 2.34 bits per heavy atom. The zero-order valence-corrected chi connectivity index (χ0v) is 18.2. The Morgan fingerprint density at radius 1 is 1.03 bits per heavy atom. The predicted octanol–water partition coefficient (Wildman–Crippen LogP) is 3.34. The zero-order chi connectivity index (χ0) is 21.4. The highest BCUT2D eigenvalue weighted by molar-refractivity contribution is 7.89. The van der Waals surface area contributed by atoms with Gasteiger partial charge in [-0.1, -0.05) is 39.0 Å². The molecule has 2 aromatic rings. The minimum absolute atomic E-state index is 0.0488. The molecule has 0 fully saturated rings. The fraction of sp³-hybridized carbons (Fsp3) is 0.381. The van der Waals surface area contributed by atoms with E-state index in [1.165, 1.54) is 23.5 Å². The molecule has 0 saturated heterocycles. The molecule has 0 aliphatic heterocycles. The summed E-state index contributed by atoms with van der Waals surface area (Å²) in [6.07, 6.45) is 0.851. The first kappa shape index (κ1) is 22.7. The van der Waals surface area contributed by atoms with Crippen molar-refractivity contribution in [1.82, 2.24) is 4.31 Å². The van der Waals surface area contributed by atoms with Crippen LogP contribution in [-0.4, -0.2) is 45.4 Å². The predicted molar refractivity (Wildman–Crippen MR) is 116 cm³/mol. The van der Waals surface area contributed by atoms with Crippen LogP contribution in [0.5, 0.6) is 5.75 Å². The summed E-state index contributed by atoms with van der Waals surface area (Å²) in [4.78, 5) is 12.6. The van der Waals surface area contributed by atoms with E-state index in [1.807, 2.05) is 31.2 Å². The van der Waals surface area contributed by atoms with Crippen LogP contribution in [0.25, 0.3) is 0 Å². The zero-order valence-electron chi connectivity index (χ0n) is 17.4. The molecule has 0 bridgehead atoms. The Kier molecular flexibility index (Phi) is 8.04. The van der Waals surface area contributed by atoms with Crippen LogP contribution < -0.4 is 15.4 Å². The van der Waals surface area contributed by atoms with Crippen molar-refractivity contribution in [3.8, 4) is 5.75 Å². The number of nitrogens with one attached hydrogen (secondary N) is 2. The highest BCUT2D eigenvalue weighted by atomic mass is 32.2. The van der Waals surface area contributed by atoms with Gasteiger partial charge in [-0.15, -0.1) is 0 Å². The second-order valence-electron chi connectivity index (χ2n) is 6.36. The second kappa shape index (κ2) is 10.3. The third-order valence-electron chi connectivity index (χ3n) is 4.63. The van der Waals surface area contributed by atoms with Crippen molar-refractivity contribution in [2.45, 2.75) is 32.1 Å². The molecule has 0 aliphatic carbocycles. The summed E-state index contributed by atoms with van der Waals surface area (Å²) < 4.78 is 32.2. The standard InChI is InChI=1S/C21H29N3O4S/c1-5-16-10-8-9-11-18(16)22-15-21(25)23-19-14-17(12-13-20(19)28-4)29(26,27)24(6-2)7-3/h8-14,22H,5-7,15H2,1-4H3,(H,23,25). The lowest BCUT2D eigenvalue weighted by Crippen LogP contribution is -2.30. The van der Waals surface area contributed by atoms with Crippen molar-refractivity contribution in [1.29, 1.82) is 0 Å². The monoisotopic (exact) mass is 419 g/mol. The summed E-state index contributed by atoms with van der Waals surface area (Å²) in [7, 11) is -2.17. The molecular formula is C21H29N3O4S. The molecule has 158 valence electrons. The molecule has 0 heterocycles. The van der Waals surface area contributed by atoms with Crippen molar-refractivity contribution in [3.05, 3.63) is 48.0 Å². The number of rotatable bonds is 10. The fourth-order valence-electron chi connectivity index (χ4n) is 3.03. The number of amides is 1. The Balaban J connectivity index is 2.19.